The molecule has 6 nitrogen and oxygen atoms in total. The molecule has 0 atom stereocenters. The highest BCUT2D eigenvalue weighted by atomic mass is 35.5. The third-order valence-electron chi connectivity index (χ3n) is 4.80. The zero-order chi connectivity index (χ0) is 23.3. The van der Waals surface area contributed by atoms with Crippen LogP contribution in [0.5, 0.6) is 0 Å². The summed E-state index contributed by atoms with van der Waals surface area (Å²) in [5, 5.41) is 1.27. The van der Waals surface area contributed by atoms with Crippen molar-refractivity contribution < 1.29 is 9.53 Å². The van der Waals surface area contributed by atoms with Crippen molar-refractivity contribution in [1.29, 1.82) is 0 Å². The highest BCUT2D eigenvalue weighted by molar-refractivity contribution is 6.32. The van der Waals surface area contributed by atoms with Crippen LogP contribution in [0.4, 0.5) is 16.2 Å². The molecule has 1 amide bonds. The zero-order valence-corrected chi connectivity index (χ0v) is 20.0. The molecule has 0 aromatic heterocycles. The van der Waals surface area contributed by atoms with E-state index in [1.54, 1.807) is 35.2 Å². The Morgan fingerprint density at radius 2 is 1.72 bits per heavy atom. The Bertz CT molecular complexity index is 1010. The number of piperazine rings is 1. The zero-order valence-electron chi connectivity index (χ0n) is 18.5. The quantitative estimate of drug-likeness (QED) is 0.451. The number of hydrogen-bond donors (Lipinski definition) is 1. The van der Waals surface area contributed by atoms with Crippen molar-refractivity contribution in [3.05, 3.63) is 64.1 Å². The number of nitrogens with zero attached hydrogens (tertiary/aromatic N) is 3. The largest absolute Gasteiger partial charge is 0.444 e. The third-order valence-corrected chi connectivity index (χ3v) is 5.38. The maximum absolute atomic E-state index is 12.2. The molecule has 2 aromatic carbocycles. The number of amidine groups is 1. The van der Waals surface area contributed by atoms with E-state index in [1.807, 2.05) is 45.0 Å². The summed E-state index contributed by atoms with van der Waals surface area (Å²) in [5.41, 5.74) is 8.09. The van der Waals surface area contributed by atoms with Gasteiger partial charge < -0.3 is 20.3 Å². The van der Waals surface area contributed by atoms with E-state index in [0.717, 1.165) is 16.9 Å². The summed E-state index contributed by atoms with van der Waals surface area (Å²) in [4.78, 5) is 20.5. The Labute approximate surface area is 199 Å². The highest BCUT2D eigenvalue weighted by Crippen LogP contribution is 2.26. The standard InChI is InChI=1S/C24H28Cl2N4O2/c1-24(2,3)32-23(31)30-14-12-29(13-15-30)20-10-4-17(21(26)16-20)5-11-22(27)28-19-8-6-18(25)7-9-19/h4-11,16H,12-15H2,1-3H3,(H2,27,28). The molecule has 2 aromatic rings. The van der Waals surface area contributed by atoms with Crippen LogP contribution in [0.2, 0.25) is 10.0 Å². The molecule has 0 saturated carbocycles. The normalized spacial score (nSPS) is 15.3. The Balaban J connectivity index is 1.60. The van der Waals surface area contributed by atoms with Crippen LogP contribution in [-0.4, -0.2) is 48.6 Å². The molecule has 0 radical (unpaired) electrons. The van der Waals surface area contributed by atoms with Crippen LogP contribution in [0.25, 0.3) is 6.08 Å². The average Bonchev–Trinajstić information content (AvgIpc) is 2.73. The Morgan fingerprint density at radius 1 is 1.06 bits per heavy atom. The first-order chi connectivity index (χ1) is 15.1. The van der Waals surface area contributed by atoms with Crippen molar-refractivity contribution in [3.8, 4) is 0 Å². The van der Waals surface area contributed by atoms with Crippen LogP contribution in [0.1, 0.15) is 26.3 Å². The predicted molar refractivity (Wildman–Crippen MR) is 133 cm³/mol. The van der Waals surface area contributed by atoms with Gasteiger partial charge in [0, 0.05) is 41.9 Å². The molecule has 1 heterocycles. The van der Waals surface area contributed by atoms with Gasteiger partial charge in [0.05, 0.1) is 5.69 Å². The molecule has 32 heavy (non-hydrogen) atoms. The van der Waals surface area contributed by atoms with Gasteiger partial charge in [-0.1, -0.05) is 29.3 Å². The second-order valence-electron chi connectivity index (χ2n) is 8.51. The summed E-state index contributed by atoms with van der Waals surface area (Å²) in [6.45, 7) is 8.25. The van der Waals surface area contributed by atoms with E-state index in [1.165, 1.54) is 0 Å². The monoisotopic (exact) mass is 474 g/mol. The maximum atomic E-state index is 12.2. The Kier molecular flexibility index (Phi) is 7.69. The molecule has 0 spiro atoms. The molecule has 170 valence electrons. The number of amides is 1. The van der Waals surface area contributed by atoms with Crippen LogP contribution < -0.4 is 10.6 Å². The van der Waals surface area contributed by atoms with E-state index in [-0.39, 0.29) is 6.09 Å². The summed E-state index contributed by atoms with van der Waals surface area (Å²) < 4.78 is 5.46. The molecule has 1 aliphatic heterocycles. The summed E-state index contributed by atoms with van der Waals surface area (Å²) in [7, 11) is 0. The Morgan fingerprint density at radius 3 is 2.31 bits per heavy atom. The fourth-order valence-corrected chi connectivity index (χ4v) is 3.56. The van der Waals surface area contributed by atoms with E-state index in [9.17, 15) is 4.79 Å². The average molecular weight is 475 g/mol. The van der Waals surface area contributed by atoms with Gasteiger partial charge >= 0.3 is 6.09 Å². The number of nitrogens with two attached hydrogens (primary N) is 1. The first-order valence-electron chi connectivity index (χ1n) is 10.4. The molecule has 0 aliphatic carbocycles. The van der Waals surface area contributed by atoms with Crippen molar-refractivity contribution in [2.75, 3.05) is 31.1 Å². The van der Waals surface area contributed by atoms with Gasteiger partial charge in [-0.3, -0.25) is 0 Å². The van der Waals surface area contributed by atoms with Gasteiger partial charge in [-0.05, 0) is 74.9 Å². The molecular weight excluding hydrogens is 447 g/mol. The van der Waals surface area contributed by atoms with Gasteiger partial charge in [-0.2, -0.15) is 0 Å². The molecule has 2 N–H and O–H groups in total. The lowest BCUT2D eigenvalue weighted by Crippen LogP contribution is -2.50. The SMILES string of the molecule is CC(C)(C)OC(=O)N1CCN(c2ccc(C=CC(N)=Nc3ccc(Cl)cc3)c(Cl)c2)CC1. The maximum Gasteiger partial charge on any atom is 0.410 e. The summed E-state index contributed by atoms with van der Waals surface area (Å²) >= 11 is 12.4. The van der Waals surface area contributed by atoms with E-state index in [0.29, 0.717) is 42.1 Å². The van der Waals surface area contributed by atoms with Crippen molar-refractivity contribution >= 4 is 52.6 Å². The minimum Gasteiger partial charge on any atom is -0.444 e. The fourth-order valence-electron chi connectivity index (χ4n) is 3.20. The molecule has 8 heteroatoms. The molecule has 1 fully saturated rings. The van der Waals surface area contributed by atoms with Gasteiger partial charge in [-0.25, -0.2) is 9.79 Å². The first-order valence-corrected chi connectivity index (χ1v) is 11.2. The van der Waals surface area contributed by atoms with E-state index >= 15 is 0 Å². The number of ether oxygens (including phenoxy) is 1. The molecule has 3 rings (SSSR count). The summed E-state index contributed by atoms with van der Waals surface area (Å²) in [6.07, 6.45) is 3.28. The second kappa shape index (κ2) is 10.3. The number of aliphatic imine (C=N–C) groups is 1. The molecule has 0 bridgehead atoms. The Hall–Kier alpha value is -2.70. The van der Waals surface area contributed by atoms with Crippen LogP contribution in [0.15, 0.2) is 53.5 Å². The highest BCUT2D eigenvalue weighted by Gasteiger charge is 2.26. The number of halogens is 2. The number of carbonyl (C=O) groups excluding carboxylic acids is 1. The molecular formula is C24H28Cl2N4O2. The minimum atomic E-state index is -0.492. The lowest BCUT2D eigenvalue weighted by Gasteiger charge is -2.36. The lowest BCUT2D eigenvalue weighted by molar-refractivity contribution is 0.0240. The number of carbonyl (C=O) groups is 1. The summed E-state index contributed by atoms with van der Waals surface area (Å²) in [5.74, 6) is 0.366. The predicted octanol–water partition coefficient (Wildman–Crippen LogP) is 5.75. The third kappa shape index (κ3) is 6.90. The number of benzene rings is 2. The van der Waals surface area contributed by atoms with Crippen LogP contribution in [0, 0.1) is 0 Å². The van der Waals surface area contributed by atoms with Gasteiger partial charge in [0.1, 0.15) is 11.4 Å². The van der Waals surface area contributed by atoms with E-state index < -0.39 is 5.60 Å². The fraction of sp³-hybridized carbons (Fsp3) is 0.333. The molecule has 1 aliphatic rings. The first kappa shape index (κ1) is 24.0. The number of anilines is 1. The van der Waals surface area contributed by atoms with Gasteiger partial charge in [0.15, 0.2) is 0 Å². The molecule has 1 saturated heterocycles. The number of rotatable bonds is 4. The lowest BCUT2D eigenvalue weighted by atomic mass is 10.1. The summed E-state index contributed by atoms with van der Waals surface area (Å²) in [6, 6.07) is 13.0. The van der Waals surface area contributed by atoms with Crippen LogP contribution in [0.3, 0.4) is 0 Å². The number of hydrogen-bond acceptors (Lipinski definition) is 4. The van der Waals surface area contributed by atoms with Crippen molar-refractivity contribution in [3.63, 3.8) is 0 Å². The van der Waals surface area contributed by atoms with Crippen LogP contribution in [-0.2, 0) is 4.74 Å². The van der Waals surface area contributed by atoms with E-state index in [2.05, 4.69) is 9.89 Å². The van der Waals surface area contributed by atoms with E-state index in [4.69, 9.17) is 33.7 Å². The van der Waals surface area contributed by atoms with Gasteiger partial charge in [-0.15, -0.1) is 0 Å². The minimum absolute atomic E-state index is 0.270. The topological polar surface area (TPSA) is 71.2 Å². The van der Waals surface area contributed by atoms with Gasteiger partial charge in [0.2, 0.25) is 0 Å². The van der Waals surface area contributed by atoms with Crippen molar-refractivity contribution in [2.45, 2.75) is 26.4 Å². The smallest absolute Gasteiger partial charge is 0.410 e. The molecule has 0 unspecified atom stereocenters. The van der Waals surface area contributed by atoms with Gasteiger partial charge in [0.25, 0.3) is 0 Å². The van der Waals surface area contributed by atoms with Crippen molar-refractivity contribution in [2.24, 2.45) is 10.7 Å². The van der Waals surface area contributed by atoms with Crippen molar-refractivity contribution in [1.82, 2.24) is 4.90 Å². The second-order valence-corrected chi connectivity index (χ2v) is 9.35. The van der Waals surface area contributed by atoms with Crippen LogP contribution >= 0.6 is 23.2 Å².